The number of hydrogen-bond acceptors (Lipinski definition) is 4. The molecule has 1 aliphatic carbocycles. The zero-order chi connectivity index (χ0) is 17.3. The van der Waals surface area contributed by atoms with Gasteiger partial charge in [0.2, 0.25) is 5.91 Å². The second-order valence-electron chi connectivity index (χ2n) is 7.56. The molecule has 1 N–H and O–H groups in total. The highest BCUT2D eigenvalue weighted by Gasteiger charge is 2.36. The van der Waals surface area contributed by atoms with E-state index in [1.54, 1.807) is 11.3 Å². The zero-order valence-electron chi connectivity index (χ0n) is 14.8. The van der Waals surface area contributed by atoms with Crippen LogP contribution in [0, 0.1) is 5.41 Å². The second-order valence-corrected chi connectivity index (χ2v) is 8.64. The molecule has 0 spiro atoms. The number of anilines is 1. The summed E-state index contributed by atoms with van der Waals surface area (Å²) in [4.78, 5) is 21.1. The van der Waals surface area contributed by atoms with Gasteiger partial charge >= 0.3 is 0 Å². The molecular weight excluding hydrogens is 330 g/mol. The van der Waals surface area contributed by atoms with Crippen molar-refractivity contribution < 1.29 is 4.79 Å². The molecule has 132 valence electrons. The first-order chi connectivity index (χ1) is 12.1. The number of aromatic nitrogens is 1. The number of hydrogen-bond donors (Lipinski definition) is 1. The molecule has 1 fully saturated rings. The summed E-state index contributed by atoms with van der Waals surface area (Å²) < 4.78 is 0. The monoisotopic (exact) mass is 355 g/mol. The molecule has 4 rings (SSSR count). The van der Waals surface area contributed by atoms with Crippen LogP contribution in [0.5, 0.6) is 0 Å². The summed E-state index contributed by atoms with van der Waals surface area (Å²) in [7, 11) is 0. The van der Waals surface area contributed by atoms with E-state index in [9.17, 15) is 4.79 Å². The molecule has 2 heterocycles. The van der Waals surface area contributed by atoms with Crippen molar-refractivity contribution in [1.29, 1.82) is 0 Å². The van der Waals surface area contributed by atoms with Crippen molar-refractivity contribution in [2.75, 3.05) is 11.9 Å². The van der Waals surface area contributed by atoms with Crippen LogP contribution >= 0.6 is 11.3 Å². The van der Waals surface area contributed by atoms with Crippen molar-refractivity contribution in [2.45, 2.75) is 52.1 Å². The summed E-state index contributed by atoms with van der Waals surface area (Å²) >= 11 is 1.65. The van der Waals surface area contributed by atoms with Gasteiger partial charge in [-0.15, -0.1) is 11.3 Å². The van der Waals surface area contributed by atoms with Gasteiger partial charge in [-0.05, 0) is 18.4 Å². The first kappa shape index (κ1) is 16.7. The average molecular weight is 356 g/mol. The Kier molecular flexibility index (Phi) is 4.61. The molecule has 0 radical (unpaired) electrons. The molecule has 0 saturated heterocycles. The Morgan fingerprint density at radius 3 is 2.80 bits per heavy atom. The molecule has 0 unspecified atom stereocenters. The maximum atomic E-state index is 12.6. The summed E-state index contributed by atoms with van der Waals surface area (Å²) in [5.41, 5.74) is 2.31. The Balaban J connectivity index is 1.41. The molecule has 1 aromatic carbocycles. The van der Waals surface area contributed by atoms with Crippen molar-refractivity contribution in [3.8, 4) is 0 Å². The molecule has 1 aromatic heterocycles. The largest absolute Gasteiger partial charge is 0.301 e. The minimum Gasteiger partial charge on any atom is -0.301 e. The van der Waals surface area contributed by atoms with Crippen LogP contribution in [0.1, 0.15) is 48.7 Å². The second kappa shape index (κ2) is 6.89. The van der Waals surface area contributed by atoms with Crippen LogP contribution in [-0.2, 0) is 24.3 Å². The van der Waals surface area contributed by atoms with Crippen LogP contribution in [0.3, 0.4) is 0 Å². The van der Waals surface area contributed by atoms with E-state index in [1.807, 2.05) is 0 Å². The molecular formula is C20H25N3OS. The lowest BCUT2D eigenvalue weighted by Crippen LogP contribution is -2.30. The van der Waals surface area contributed by atoms with E-state index < -0.39 is 0 Å². The maximum absolute atomic E-state index is 12.6. The molecule has 25 heavy (non-hydrogen) atoms. The highest BCUT2D eigenvalue weighted by atomic mass is 32.1. The van der Waals surface area contributed by atoms with Gasteiger partial charge < -0.3 is 5.32 Å². The van der Waals surface area contributed by atoms with E-state index in [1.165, 1.54) is 16.1 Å². The topological polar surface area (TPSA) is 45.2 Å². The fourth-order valence-corrected chi connectivity index (χ4v) is 4.95. The molecule has 2 aromatic rings. The predicted molar refractivity (Wildman–Crippen MR) is 102 cm³/mol. The number of nitrogens with one attached hydrogen (secondary N) is 1. The highest BCUT2D eigenvalue weighted by Crippen LogP contribution is 2.39. The summed E-state index contributed by atoms with van der Waals surface area (Å²) in [6.07, 6.45) is 5.27. The zero-order valence-corrected chi connectivity index (χ0v) is 15.6. The Morgan fingerprint density at radius 1 is 1.28 bits per heavy atom. The van der Waals surface area contributed by atoms with Crippen LogP contribution in [0.15, 0.2) is 30.3 Å². The van der Waals surface area contributed by atoms with Gasteiger partial charge in [-0.25, -0.2) is 4.98 Å². The molecule has 4 nitrogen and oxygen atoms in total. The predicted octanol–water partition coefficient (Wildman–Crippen LogP) is 4.22. The highest BCUT2D eigenvalue weighted by molar-refractivity contribution is 7.15. The third-order valence-electron chi connectivity index (χ3n) is 5.54. The summed E-state index contributed by atoms with van der Waals surface area (Å²) in [5.74, 6) is 0.150. The molecule has 5 heteroatoms. The maximum Gasteiger partial charge on any atom is 0.232 e. The molecule has 1 amide bonds. The fourth-order valence-electron chi connectivity index (χ4n) is 3.91. The summed E-state index contributed by atoms with van der Waals surface area (Å²) in [6, 6.07) is 10.6. The van der Waals surface area contributed by atoms with Gasteiger partial charge in [-0.3, -0.25) is 9.69 Å². The first-order valence-electron chi connectivity index (χ1n) is 9.19. The first-order valence-corrected chi connectivity index (χ1v) is 10.0. The van der Waals surface area contributed by atoms with Gasteiger partial charge in [0, 0.05) is 36.3 Å². The van der Waals surface area contributed by atoms with Gasteiger partial charge in [0.05, 0.1) is 5.69 Å². The smallest absolute Gasteiger partial charge is 0.232 e. The average Bonchev–Trinajstić information content (AvgIpc) is 3.22. The van der Waals surface area contributed by atoms with Gasteiger partial charge in [0.1, 0.15) is 0 Å². The SMILES string of the molecule is CC1(C(=O)Nc2nc3c(s2)CN(Cc2ccccc2)CC3)CCCC1. The van der Waals surface area contributed by atoms with Crippen LogP contribution in [0.4, 0.5) is 5.13 Å². The molecule has 0 bridgehead atoms. The van der Waals surface area contributed by atoms with E-state index in [-0.39, 0.29) is 11.3 Å². The number of carbonyl (C=O) groups is 1. The van der Waals surface area contributed by atoms with Gasteiger partial charge in [-0.1, -0.05) is 50.1 Å². The number of amides is 1. The molecule has 1 aliphatic heterocycles. The van der Waals surface area contributed by atoms with Crippen molar-refractivity contribution >= 4 is 22.4 Å². The lowest BCUT2D eigenvalue weighted by atomic mass is 9.88. The lowest BCUT2D eigenvalue weighted by Gasteiger charge is -2.25. The Morgan fingerprint density at radius 2 is 2.04 bits per heavy atom. The summed E-state index contributed by atoms with van der Waals surface area (Å²) in [5, 5.41) is 3.88. The van der Waals surface area contributed by atoms with Crippen molar-refractivity contribution in [2.24, 2.45) is 5.41 Å². The van der Waals surface area contributed by atoms with Gasteiger partial charge in [0.15, 0.2) is 5.13 Å². The van der Waals surface area contributed by atoms with E-state index in [0.29, 0.717) is 0 Å². The number of carbonyl (C=O) groups excluding carboxylic acids is 1. The molecule has 1 saturated carbocycles. The third-order valence-corrected chi connectivity index (χ3v) is 6.53. The summed E-state index contributed by atoms with van der Waals surface area (Å²) in [6.45, 7) is 5.01. The van der Waals surface area contributed by atoms with E-state index >= 15 is 0 Å². The number of fused-ring (bicyclic) bond motifs is 1. The Hall–Kier alpha value is -1.72. The quantitative estimate of drug-likeness (QED) is 0.893. The van der Waals surface area contributed by atoms with Crippen LogP contribution < -0.4 is 5.32 Å². The van der Waals surface area contributed by atoms with Crippen LogP contribution in [-0.4, -0.2) is 22.3 Å². The molecule has 0 atom stereocenters. The number of nitrogens with zero attached hydrogens (tertiary/aromatic N) is 2. The number of benzene rings is 1. The molecule has 2 aliphatic rings. The van der Waals surface area contributed by atoms with E-state index in [2.05, 4.69) is 47.5 Å². The third kappa shape index (κ3) is 3.62. The standard InChI is InChI=1S/C20H25N3OS/c1-20(10-5-6-11-20)18(24)22-19-21-16-9-12-23(14-17(16)25-19)13-15-7-3-2-4-8-15/h2-4,7-8H,5-6,9-14H2,1H3,(H,21,22,24). The van der Waals surface area contributed by atoms with Crippen molar-refractivity contribution in [1.82, 2.24) is 9.88 Å². The minimum atomic E-state index is -0.203. The van der Waals surface area contributed by atoms with Gasteiger partial charge in [0.25, 0.3) is 0 Å². The Labute approximate surface area is 153 Å². The lowest BCUT2D eigenvalue weighted by molar-refractivity contribution is -0.124. The van der Waals surface area contributed by atoms with E-state index in [4.69, 9.17) is 4.98 Å². The fraction of sp³-hybridized carbons (Fsp3) is 0.500. The van der Waals surface area contributed by atoms with Crippen LogP contribution in [0.25, 0.3) is 0 Å². The van der Waals surface area contributed by atoms with Crippen LogP contribution in [0.2, 0.25) is 0 Å². The Bertz CT molecular complexity index is 750. The van der Waals surface area contributed by atoms with Crippen molar-refractivity contribution in [3.05, 3.63) is 46.5 Å². The number of rotatable bonds is 4. The van der Waals surface area contributed by atoms with Crippen molar-refractivity contribution in [3.63, 3.8) is 0 Å². The van der Waals surface area contributed by atoms with Gasteiger partial charge in [-0.2, -0.15) is 0 Å². The normalized spacial score (nSPS) is 19.6. The minimum absolute atomic E-state index is 0.150. The van der Waals surface area contributed by atoms with E-state index in [0.717, 1.165) is 56.9 Å². The number of thiazole rings is 1.